The molecule has 0 heterocycles. The molecule has 0 aliphatic rings. The lowest BCUT2D eigenvalue weighted by Crippen LogP contribution is -2.06. The Balaban J connectivity index is 2.94. The maximum Gasteiger partial charge on any atom is 0.228 e. The highest BCUT2D eigenvalue weighted by atomic mass is 79.9. The van der Waals surface area contributed by atoms with Gasteiger partial charge in [0.15, 0.2) is 0 Å². The fourth-order valence-electron chi connectivity index (χ4n) is 1.17. The van der Waals surface area contributed by atoms with E-state index in [9.17, 15) is 9.18 Å². The average molecular weight is 296 g/mol. The molecular weight excluding hydrogens is 286 g/mol. The molecule has 0 bridgehead atoms. The minimum Gasteiger partial charge on any atom is -0.461 e. The maximum absolute atomic E-state index is 12.1. The van der Waals surface area contributed by atoms with Crippen LogP contribution in [0, 0.1) is 0 Å². The molecule has 0 aliphatic heterocycles. The van der Waals surface area contributed by atoms with Gasteiger partial charge in [-0.2, -0.15) is 0 Å². The Morgan fingerprint density at radius 3 is 2.87 bits per heavy atom. The van der Waals surface area contributed by atoms with E-state index in [1.54, 1.807) is 18.2 Å². The Morgan fingerprint density at radius 1 is 1.53 bits per heavy atom. The number of halogens is 3. The minimum atomic E-state index is -0.959. The Bertz CT molecular complexity index is 357. The summed E-state index contributed by atoms with van der Waals surface area (Å²) in [4.78, 5) is 11.2. The lowest BCUT2D eigenvalue weighted by atomic mass is 10.1. The minimum absolute atomic E-state index is 0.0130. The normalized spacial score (nSPS) is 10.1. The van der Waals surface area contributed by atoms with Crippen molar-refractivity contribution in [3.63, 3.8) is 0 Å². The number of carbonyl (C=O) groups excluding carboxylic acids is 1. The van der Waals surface area contributed by atoms with Crippen LogP contribution in [-0.2, 0) is 11.2 Å². The number of benzene rings is 1. The zero-order valence-corrected chi connectivity index (χ0v) is 10.1. The second-order valence-corrected chi connectivity index (χ2v) is 3.80. The van der Waals surface area contributed by atoms with Crippen LogP contribution < -0.4 is 4.74 Å². The van der Waals surface area contributed by atoms with Crippen LogP contribution in [0.3, 0.4) is 0 Å². The number of ether oxygens (including phenoxy) is 1. The summed E-state index contributed by atoms with van der Waals surface area (Å²) in [6, 6.07) is 4.98. The van der Waals surface area contributed by atoms with Crippen LogP contribution in [0.2, 0.25) is 5.02 Å². The molecule has 0 aliphatic carbocycles. The van der Waals surface area contributed by atoms with E-state index in [0.717, 1.165) is 0 Å². The van der Waals surface area contributed by atoms with Gasteiger partial charge in [0.1, 0.15) is 11.5 Å². The third-order valence-corrected chi connectivity index (χ3v) is 2.71. The first-order valence-electron chi connectivity index (χ1n) is 4.23. The van der Waals surface area contributed by atoms with E-state index < -0.39 is 6.86 Å². The van der Waals surface area contributed by atoms with Gasteiger partial charge < -0.3 is 4.74 Å². The van der Waals surface area contributed by atoms with Gasteiger partial charge in [0.25, 0.3) is 0 Å². The largest absolute Gasteiger partial charge is 0.461 e. The lowest BCUT2D eigenvalue weighted by Gasteiger charge is -2.09. The van der Waals surface area contributed by atoms with E-state index in [4.69, 9.17) is 16.3 Å². The highest BCUT2D eigenvalue weighted by molar-refractivity contribution is 9.09. The molecule has 0 unspecified atom stereocenters. The van der Waals surface area contributed by atoms with Crippen molar-refractivity contribution in [3.05, 3.63) is 28.8 Å². The molecule has 0 radical (unpaired) electrons. The fourth-order valence-corrected chi connectivity index (χ4v) is 1.62. The van der Waals surface area contributed by atoms with Gasteiger partial charge in [-0.3, -0.25) is 4.79 Å². The number of alkyl halides is 2. The number of ketones is 1. The molecule has 0 saturated heterocycles. The van der Waals surface area contributed by atoms with E-state index in [-0.39, 0.29) is 23.3 Å². The molecule has 1 aromatic carbocycles. The summed E-state index contributed by atoms with van der Waals surface area (Å²) in [5, 5.41) is 0.571. The molecule has 1 rings (SSSR count). The molecule has 0 fully saturated rings. The van der Waals surface area contributed by atoms with Crippen molar-refractivity contribution in [1.29, 1.82) is 0 Å². The Labute approximate surface area is 101 Å². The van der Waals surface area contributed by atoms with Crippen molar-refractivity contribution in [2.75, 3.05) is 12.2 Å². The third kappa shape index (κ3) is 3.47. The predicted molar refractivity (Wildman–Crippen MR) is 60.6 cm³/mol. The Hall–Kier alpha value is -0.610. The van der Waals surface area contributed by atoms with Crippen LogP contribution in [0.1, 0.15) is 5.56 Å². The number of Topliss-reactive ketones (excluding diaryl/α,β-unsaturated/α-hetero) is 1. The SMILES string of the molecule is O=C(CBr)Cc1cccc(Cl)c1OCF. The molecule has 0 amide bonds. The number of para-hydroxylation sites is 1. The maximum atomic E-state index is 12.1. The summed E-state index contributed by atoms with van der Waals surface area (Å²) >= 11 is 8.88. The van der Waals surface area contributed by atoms with Gasteiger partial charge in [-0.25, -0.2) is 4.39 Å². The first-order chi connectivity index (χ1) is 7.19. The van der Waals surface area contributed by atoms with Crippen LogP contribution >= 0.6 is 27.5 Å². The molecule has 2 nitrogen and oxygen atoms in total. The first kappa shape index (κ1) is 12.5. The molecule has 0 N–H and O–H groups in total. The molecule has 0 aromatic heterocycles. The molecule has 1 aromatic rings. The summed E-state index contributed by atoms with van der Waals surface area (Å²) in [6.45, 7) is -0.959. The quantitative estimate of drug-likeness (QED) is 0.780. The van der Waals surface area contributed by atoms with Gasteiger partial charge in [-0.1, -0.05) is 39.7 Å². The van der Waals surface area contributed by atoms with E-state index in [1.807, 2.05) is 0 Å². The molecule has 0 saturated carbocycles. The number of hydrogen-bond donors (Lipinski definition) is 0. The number of hydrogen-bond acceptors (Lipinski definition) is 2. The van der Waals surface area contributed by atoms with E-state index in [0.29, 0.717) is 10.6 Å². The number of rotatable bonds is 5. The molecule has 0 spiro atoms. The molecular formula is C10H9BrClFO2. The summed E-state index contributed by atoms with van der Waals surface area (Å²) < 4.78 is 16.8. The van der Waals surface area contributed by atoms with Gasteiger partial charge >= 0.3 is 0 Å². The van der Waals surface area contributed by atoms with Crippen LogP contribution in [0.25, 0.3) is 0 Å². The van der Waals surface area contributed by atoms with Crippen molar-refractivity contribution in [1.82, 2.24) is 0 Å². The lowest BCUT2D eigenvalue weighted by molar-refractivity contribution is -0.115. The second kappa shape index (κ2) is 6.08. The monoisotopic (exact) mass is 294 g/mol. The van der Waals surface area contributed by atoms with Gasteiger partial charge in [0.05, 0.1) is 10.4 Å². The van der Waals surface area contributed by atoms with E-state index >= 15 is 0 Å². The zero-order chi connectivity index (χ0) is 11.3. The van der Waals surface area contributed by atoms with Crippen LogP contribution in [0.5, 0.6) is 5.75 Å². The third-order valence-electron chi connectivity index (χ3n) is 1.78. The van der Waals surface area contributed by atoms with Crippen molar-refractivity contribution in [2.24, 2.45) is 0 Å². The van der Waals surface area contributed by atoms with Crippen molar-refractivity contribution in [2.45, 2.75) is 6.42 Å². The smallest absolute Gasteiger partial charge is 0.228 e. The standard InChI is InChI=1S/C10H9BrClFO2/c11-5-8(14)4-7-2-1-3-9(12)10(7)15-6-13/h1-3H,4-6H2. The first-order valence-corrected chi connectivity index (χ1v) is 5.72. The summed E-state index contributed by atoms with van der Waals surface area (Å²) in [7, 11) is 0. The Kier molecular flexibility index (Phi) is 5.05. The van der Waals surface area contributed by atoms with Gasteiger partial charge in [-0.05, 0) is 6.07 Å². The van der Waals surface area contributed by atoms with E-state index in [2.05, 4.69) is 15.9 Å². The molecule has 15 heavy (non-hydrogen) atoms. The number of carbonyl (C=O) groups is 1. The van der Waals surface area contributed by atoms with Crippen molar-refractivity contribution >= 4 is 33.3 Å². The van der Waals surface area contributed by atoms with Crippen molar-refractivity contribution < 1.29 is 13.9 Å². The van der Waals surface area contributed by atoms with Gasteiger partial charge in [-0.15, -0.1) is 0 Å². The van der Waals surface area contributed by atoms with Gasteiger partial charge in [0.2, 0.25) is 6.86 Å². The Morgan fingerprint density at radius 2 is 2.27 bits per heavy atom. The molecule has 82 valence electrons. The summed E-state index contributed by atoms with van der Waals surface area (Å²) in [5.41, 5.74) is 0.601. The molecule has 0 atom stereocenters. The van der Waals surface area contributed by atoms with Crippen LogP contribution in [-0.4, -0.2) is 18.0 Å². The van der Waals surface area contributed by atoms with Crippen LogP contribution in [0.15, 0.2) is 18.2 Å². The highest BCUT2D eigenvalue weighted by Crippen LogP contribution is 2.29. The summed E-state index contributed by atoms with van der Waals surface area (Å²) in [6.07, 6.45) is 0.182. The van der Waals surface area contributed by atoms with Gasteiger partial charge in [0, 0.05) is 12.0 Å². The second-order valence-electron chi connectivity index (χ2n) is 2.83. The highest BCUT2D eigenvalue weighted by Gasteiger charge is 2.11. The molecule has 5 heteroatoms. The van der Waals surface area contributed by atoms with Crippen molar-refractivity contribution in [3.8, 4) is 5.75 Å². The topological polar surface area (TPSA) is 26.3 Å². The van der Waals surface area contributed by atoms with Crippen LogP contribution in [0.4, 0.5) is 4.39 Å². The fraction of sp³-hybridized carbons (Fsp3) is 0.300. The predicted octanol–water partition coefficient (Wildman–Crippen LogP) is 3.15. The van der Waals surface area contributed by atoms with E-state index in [1.165, 1.54) is 0 Å². The summed E-state index contributed by atoms with van der Waals surface area (Å²) in [5.74, 6) is 0.233. The average Bonchev–Trinajstić information content (AvgIpc) is 2.23. The zero-order valence-electron chi connectivity index (χ0n) is 7.80.